The first-order valence-electron chi connectivity index (χ1n) is 6.83. The summed E-state index contributed by atoms with van der Waals surface area (Å²) < 4.78 is 5.45. The summed E-state index contributed by atoms with van der Waals surface area (Å²) in [7, 11) is 0. The maximum absolute atomic E-state index is 11.7. The molecule has 2 unspecified atom stereocenters. The van der Waals surface area contributed by atoms with E-state index in [0.29, 0.717) is 19.6 Å². The minimum Gasteiger partial charge on any atom is -0.481 e. The minimum absolute atomic E-state index is 0.0221. The molecule has 0 aromatic heterocycles. The van der Waals surface area contributed by atoms with Crippen LogP contribution in [0.1, 0.15) is 46.0 Å². The van der Waals surface area contributed by atoms with Crippen LogP contribution in [-0.4, -0.2) is 41.9 Å². The van der Waals surface area contributed by atoms with Crippen LogP contribution in [0.4, 0.5) is 4.79 Å². The first-order chi connectivity index (χ1) is 8.94. The maximum atomic E-state index is 11.7. The molecule has 0 bridgehead atoms. The second-order valence-corrected chi connectivity index (χ2v) is 5.27. The number of unbranched alkanes of at least 4 members (excludes halogenated alkanes) is 2. The number of amides is 2. The van der Waals surface area contributed by atoms with Crippen molar-refractivity contribution in [1.82, 2.24) is 10.6 Å². The fraction of sp³-hybridized carbons (Fsp3) is 0.846. The summed E-state index contributed by atoms with van der Waals surface area (Å²) in [5.41, 5.74) is -0.298. The number of aliphatic carboxylic acids is 1. The van der Waals surface area contributed by atoms with Crippen LogP contribution < -0.4 is 10.6 Å². The summed E-state index contributed by atoms with van der Waals surface area (Å²) in [6.45, 7) is 5.18. The Morgan fingerprint density at radius 2 is 2.11 bits per heavy atom. The maximum Gasteiger partial charge on any atom is 0.315 e. The van der Waals surface area contributed by atoms with Crippen LogP contribution in [0.25, 0.3) is 0 Å². The molecule has 0 spiro atoms. The molecule has 1 fully saturated rings. The van der Waals surface area contributed by atoms with Gasteiger partial charge in [-0.05, 0) is 33.1 Å². The second kappa shape index (κ2) is 7.33. The summed E-state index contributed by atoms with van der Waals surface area (Å²) in [6.07, 6.45) is 3.29. The normalized spacial score (nSPS) is 26.1. The van der Waals surface area contributed by atoms with Gasteiger partial charge < -0.3 is 20.5 Å². The number of urea groups is 1. The average Bonchev–Trinajstić information content (AvgIpc) is 2.63. The van der Waals surface area contributed by atoms with E-state index in [1.165, 1.54) is 0 Å². The van der Waals surface area contributed by atoms with E-state index in [2.05, 4.69) is 10.6 Å². The van der Waals surface area contributed by atoms with Gasteiger partial charge in [0.25, 0.3) is 0 Å². The third-order valence-corrected chi connectivity index (χ3v) is 3.64. The molecule has 3 N–H and O–H groups in total. The number of ether oxygens (including phenoxy) is 1. The van der Waals surface area contributed by atoms with Crippen LogP contribution in [0.3, 0.4) is 0 Å². The predicted octanol–water partition coefficient (Wildman–Crippen LogP) is 1.50. The Labute approximate surface area is 113 Å². The molecule has 1 rings (SSSR count). The van der Waals surface area contributed by atoms with Crippen molar-refractivity contribution in [2.75, 3.05) is 13.2 Å². The highest BCUT2D eigenvalue weighted by molar-refractivity contribution is 5.74. The molecule has 0 aliphatic carbocycles. The zero-order valence-corrected chi connectivity index (χ0v) is 11.7. The van der Waals surface area contributed by atoms with Crippen LogP contribution in [0, 0.1) is 0 Å². The zero-order valence-electron chi connectivity index (χ0n) is 11.7. The largest absolute Gasteiger partial charge is 0.481 e. The topological polar surface area (TPSA) is 87.7 Å². The lowest BCUT2D eigenvalue weighted by Crippen LogP contribution is -2.54. The number of hydrogen-bond acceptors (Lipinski definition) is 3. The molecule has 0 aromatic rings. The molecule has 0 aromatic carbocycles. The van der Waals surface area contributed by atoms with E-state index in [4.69, 9.17) is 9.84 Å². The van der Waals surface area contributed by atoms with Crippen molar-refractivity contribution < 1.29 is 19.4 Å². The van der Waals surface area contributed by atoms with Crippen LogP contribution in [0.2, 0.25) is 0 Å². The molecule has 6 nitrogen and oxygen atoms in total. The first kappa shape index (κ1) is 15.8. The summed E-state index contributed by atoms with van der Waals surface area (Å²) >= 11 is 0. The van der Waals surface area contributed by atoms with Gasteiger partial charge in [0.1, 0.15) is 0 Å². The van der Waals surface area contributed by atoms with Crippen LogP contribution in [-0.2, 0) is 9.53 Å². The number of carbonyl (C=O) groups excluding carboxylic acids is 1. The van der Waals surface area contributed by atoms with Crippen molar-refractivity contribution in [1.29, 1.82) is 0 Å². The number of rotatable bonds is 7. The molecule has 2 atom stereocenters. The fourth-order valence-corrected chi connectivity index (χ4v) is 2.08. The number of hydrogen-bond donors (Lipinski definition) is 3. The van der Waals surface area contributed by atoms with E-state index in [-0.39, 0.29) is 24.1 Å². The molecule has 0 saturated carbocycles. The van der Waals surface area contributed by atoms with Gasteiger partial charge in [0, 0.05) is 19.6 Å². The van der Waals surface area contributed by atoms with Gasteiger partial charge in [-0.15, -0.1) is 0 Å². The third-order valence-electron chi connectivity index (χ3n) is 3.64. The standard InChI is InChI=1S/C13H24N2O4/c1-10-13(2,7-9-19-10)15-12(18)14-8-5-3-4-6-11(16)17/h10H,3-9H2,1-2H3,(H,16,17)(H2,14,15,18). The van der Waals surface area contributed by atoms with Gasteiger partial charge in [-0.3, -0.25) is 4.79 Å². The van der Waals surface area contributed by atoms with Crippen LogP contribution >= 0.6 is 0 Å². The number of nitrogens with one attached hydrogen (secondary N) is 2. The van der Waals surface area contributed by atoms with Gasteiger partial charge in [-0.25, -0.2) is 4.79 Å². The van der Waals surface area contributed by atoms with Crippen molar-refractivity contribution in [2.24, 2.45) is 0 Å². The number of carboxylic acids is 1. The van der Waals surface area contributed by atoms with E-state index in [1.807, 2.05) is 13.8 Å². The lowest BCUT2D eigenvalue weighted by molar-refractivity contribution is -0.137. The molecule has 1 heterocycles. The Morgan fingerprint density at radius 1 is 1.37 bits per heavy atom. The molecule has 1 aliphatic heterocycles. The summed E-state index contributed by atoms with van der Waals surface area (Å²) in [4.78, 5) is 22.0. The van der Waals surface area contributed by atoms with E-state index in [9.17, 15) is 9.59 Å². The fourth-order valence-electron chi connectivity index (χ4n) is 2.08. The van der Waals surface area contributed by atoms with Gasteiger partial charge in [0.05, 0.1) is 11.6 Å². The molecule has 2 amide bonds. The Morgan fingerprint density at radius 3 is 2.68 bits per heavy atom. The molecular weight excluding hydrogens is 248 g/mol. The molecule has 6 heteroatoms. The highest BCUT2D eigenvalue weighted by Crippen LogP contribution is 2.24. The summed E-state index contributed by atoms with van der Waals surface area (Å²) in [6, 6.07) is -0.182. The summed E-state index contributed by atoms with van der Waals surface area (Å²) in [5.74, 6) is -0.770. The van der Waals surface area contributed by atoms with E-state index < -0.39 is 5.97 Å². The van der Waals surface area contributed by atoms with Crippen LogP contribution in [0.5, 0.6) is 0 Å². The van der Waals surface area contributed by atoms with E-state index >= 15 is 0 Å². The van der Waals surface area contributed by atoms with Crippen molar-refractivity contribution >= 4 is 12.0 Å². The van der Waals surface area contributed by atoms with Crippen molar-refractivity contribution in [2.45, 2.75) is 57.6 Å². The lowest BCUT2D eigenvalue weighted by atomic mass is 9.95. The Kier molecular flexibility index (Phi) is 6.08. The first-order valence-corrected chi connectivity index (χ1v) is 6.83. The predicted molar refractivity (Wildman–Crippen MR) is 71.1 cm³/mol. The molecule has 110 valence electrons. The van der Waals surface area contributed by atoms with Gasteiger partial charge in [0.15, 0.2) is 0 Å². The second-order valence-electron chi connectivity index (χ2n) is 5.27. The molecule has 1 aliphatic rings. The third kappa shape index (κ3) is 5.46. The van der Waals surface area contributed by atoms with E-state index in [0.717, 1.165) is 19.3 Å². The number of carboxylic acid groups (broad SMARTS) is 1. The lowest BCUT2D eigenvalue weighted by Gasteiger charge is -2.28. The Bertz CT molecular complexity index is 322. The van der Waals surface area contributed by atoms with Gasteiger partial charge in [-0.1, -0.05) is 6.42 Å². The quantitative estimate of drug-likeness (QED) is 0.613. The number of carbonyl (C=O) groups is 2. The molecule has 0 radical (unpaired) electrons. The van der Waals surface area contributed by atoms with Crippen molar-refractivity contribution in [3.8, 4) is 0 Å². The van der Waals surface area contributed by atoms with Gasteiger partial charge >= 0.3 is 12.0 Å². The molecule has 1 saturated heterocycles. The highest BCUT2D eigenvalue weighted by Gasteiger charge is 2.38. The summed E-state index contributed by atoms with van der Waals surface area (Å²) in [5, 5.41) is 14.2. The van der Waals surface area contributed by atoms with Gasteiger partial charge in [0.2, 0.25) is 0 Å². The Hall–Kier alpha value is -1.30. The molecule has 19 heavy (non-hydrogen) atoms. The van der Waals surface area contributed by atoms with Crippen LogP contribution in [0.15, 0.2) is 0 Å². The average molecular weight is 272 g/mol. The zero-order chi connectivity index (χ0) is 14.3. The minimum atomic E-state index is -0.770. The van der Waals surface area contributed by atoms with E-state index in [1.54, 1.807) is 0 Å². The highest BCUT2D eigenvalue weighted by atomic mass is 16.5. The smallest absolute Gasteiger partial charge is 0.315 e. The monoisotopic (exact) mass is 272 g/mol. The van der Waals surface area contributed by atoms with Gasteiger partial charge in [-0.2, -0.15) is 0 Å². The van der Waals surface area contributed by atoms with Crippen molar-refractivity contribution in [3.63, 3.8) is 0 Å². The SMILES string of the molecule is CC1OCCC1(C)NC(=O)NCCCCCC(=O)O. The Balaban J connectivity index is 2.10. The molecular formula is C13H24N2O4. The van der Waals surface area contributed by atoms with Crippen molar-refractivity contribution in [3.05, 3.63) is 0 Å².